The number of aliphatic hydroxyl groups excluding tert-OH is 1. The Labute approximate surface area is 113 Å². The van der Waals surface area contributed by atoms with Crippen LogP contribution in [0.3, 0.4) is 0 Å². The molecule has 19 heavy (non-hydrogen) atoms. The summed E-state index contributed by atoms with van der Waals surface area (Å²) in [5.41, 5.74) is 7.11. The van der Waals surface area contributed by atoms with E-state index in [1.54, 1.807) is 0 Å². The van der Waals surface area contributed by atoms with Gasteiger partial charge in [0.2, 0.25) is 6.79 Å². The lowest BCUT2D eigenvalue weighted by Gasteiger charge is -2.30. The number of aliphatic hydroxyl groups is 1. The van der Waals surface area contributed by atoms with Crippen molar-refractivity contribution in [1.82, 2.24) is 0 Å². The Bertz CT molecular complexity index is 443. The fourth-order valence-electron chi connectivity index (χ4n) is 3.17. The second-order valence-electron chi connectivity index (χ2n) is 5.50. The number of hydrogen-bond donors (Lipinski definition) is 2. The Morgan fingerprint density at radius 3 is 2.74 bits per heavy atom. The van der Waals surface area contributed by atoms with Gasteiger partial charge < -0.3 is 20.3 Å². The Hall–Kier alpha value is -1.26. The zero-order chi connectivity index (χ0) is 13.2. The van der Waals surface area contributed by atoms with Crippen LogP contribution in [0.15, 0.2) is 18.2 Å². The van der Waals surface area contributed by atoms with Crippen molar-refractivity contribution in [2.75, 3.05) is 6.79 Å². The summed E-state index contributed by atoms with van der Waals surface area (Å²) < 4.78 is 10.8. The van der Waals surface area contributed by atoms with Crippen molar-refractivity contribution in [3.8, 4) is 11.5 Å². The second kappa shape index (κ2) is 5.39. The van der Waals surface area contributed by atoms with Gasteiger partial charge in [0.05, 0.1) is 12.1 Å². The molecular weight excluding hydrogens is 242 g/mol. The summed E-state index contributed by atoms with van der Waals surface area (Å²) in [4.78, 5) is 0. The number of benzene rings is 1. The summed E-state index contributed by atoms with van der Waals surface area (Å²) in [5.74, 6) is 1.73. The van der Waals surface area contributed by atoms with Gasteiger partial charge in [-0.2, -0.15) is 0 Å². The van der Waals surface area contributed by atoms with Crippen LogP contribution in [0, 0.1) is 5.92 Å². The fraction of sp³-hybridized carbons (Fsp3) is 0.600. The number of hydrogen-bond acceptors (Lipinski definition) is 4. The zero-order valence-corrected chi connectivity index (χ0v) is 11.0. The van der Waals surface area contributed by atoms with Gasteiger partial charge in [-0.1, -0.05) is 31.4 Å². The maximum atomic E-state index is 10.5. The molecule has 4 heteroatoms. The molecule has 104 valence electrons. The molecule has 0 radical (unpaired) electrons. The average molecular weight is 263 g/mol. The van der Waals surface area contributed by atoms with Gasteiger partial charge in [0, 0.05) is 5.56 Å². The molecule has 1 saturated carbocycles. The van der Waals surface area contributed by atoms with Crippen LogP contribution >= 0.6 is 0 Å². The minimum atomic E-state index is -0.504. The van der Waals surface area contributed by atoms with Crippen molar-refractivity contribution in [2.45, 2.75) is 44.2 Å². The number of rotatable bonds is 3. The highest BCUT2D eigenvalue weighted by atomic mass is 16.7. The standard InChI is InChI=1S/C15H21NO3/c16-13(14(17)10-5-2-1-3-6-10)11-7-4-8-12-15(11)19-9-18-12/h4,7-8,10,13-14,17H,1-3,5-6,9,16H2/t13-,14+/m0/s1. The van der Waals surface area contributed by atoms with E-state index in [1.165, 1.54) is 19.3 Å². The van der Waals surface area contributed by atoms with Crippen molar-refractivity contribution in [3.63, 3.8) is 0 Å². The minimum absolute atomic E-state index is 0.235. The lowest BCUT2D eigenvalue weighted by molar-refractivity contribution is 0.0608. The predicted molar refractivity (Wildman–Crippen MR) is 72.1 cm³/mol. The van der Waals surface area contributed by atoms with E-state index in [0.717, 1.165) is 24.2 Å². The molecule has 0 spiro atoms. The van der Waals surface area contributed by atoms with Crippen molar-refractivity contribution >= 4 is 0 Å². The van der Waals surface area contributed by atoms with E-state index >= 15 is 0 Å². The molecule has 0 aromatic heterocycles. The summed E-state index contributed by atoms with van der Waals surface area (Å²) in [6.07, 6.45) is 5.30. The molecule has 4 nitrogen and oxygen atoms in total. The lowest BCUT2D eigenvalue weighted by atomic mass is 9.81. The summed E-state index contributed by atoms with van der Waals surface area (Å²) in [7, 11) is 0. The fourth-order valence-corrected chi connectivity index (χ4v) is 3.17. The largest absolute Gasteiger partial charge is 0.454 e. The first-order valence-electron chi connectivity index (χ1n) is 7.09. The van der Waals surface area contributed by atoms with E-state index < -0.39 is 12.1 Å². The molecule has 3 N–H and O–H groups in total. The third-order valence-electron chi connectivity index (χ3n) is 4.29. The highest BCUT2D eigenvalue weighted by Gasteiger charge is 2.31. The van der Waals surface area contributed by atoms with Gasteiger partial charge in [-0.15, -0.1) is 0 Å². The molecule has 1 aliphatic heterocycles. The monoisotopic (exact) mass is 263 g/mol. The maximum Gasteiger partial charge on any atom is 0.231 e. The van der Waals surface area contributed by atoms with Crippen molar-refractivity contribution in [1.29, 1.82) is 0 Å². The number of ether oxygens (including phenoxy) is 2. The van der Waals surface area contributed by atoms with Crippen molar-refractivity contribution in [2.24, 2.45) is 11.7 Å². The number of para-hydroxylation sites is 1. The predicted octanol–water partition coefficient (Wildman–Crippen LogP) is 2.36. The number of fused-ring (bicyclic) bond motifs is 1. The van der Waals surface area contributed by atoms with E-state index in [4.69, 9.17) is 15.2 Å². The van der Waals surface area contributed by atoms with Gasteiger partial charge in [-0.05, 0) is 24.8 Å². The molecule has 3 rings (SSSR count). The van der Waals surface area contributed by atoms with E-state index in [2.05, 4.69) is 0 Å². The van der Waals surface area contributed by atoms with Crippen LogP contribution in [0.25, 0.3) is 0 Å². The third kappa shape index (κ3) is 2.42. The Morgan fingerprint density at radius 1 is 1.16 bits per heavy atom. The van der Waals surface area contributed by atoms with Gasteiger partial charge in [-0.25, -0.2) is 0 Å². The topological polar surface area (TPSA) is 64.7 Å². The van der Waals surface area contributed by atoms with Crippen LogP contribution in [0.5, 0.6) is 11.5 Å². The van der Waals surface area contributed by atoms with Crippen molar-refractivity contribution in [3.05, 3.63) is 23.8 Å². The molecule has 0 saturated heterocycles. The first-order chi connectivity index (χ1) is 9.27. The zero-order valence-electron chi connectivity index (χ0n) is 11.0. The molecule has 1 aromatic rings. The lowest BCUT2D eigenvalue weighted by Crippen LogP contribution is -2.34. The van der Waals surface area contributed by atoms with Gasteiger partial charge >= 0.3 is 0 Å². The van der Waals surface area contributed by atoms with Crippen LogP contribution < -0.4 is 15.2 Å². The van der Waals surface area contributed by atoms with E-state index in [0.29, 0.717) is 11.7 Å². The SMILES string of the molecule is N[C@@H](c1cccc2c1OCO2)[C@H](O)C1CCCCC1. The molecular formula is C15H21NO3. The van der Waals surface area contributed by atoms with E-state index in [9.17, 15) is 5.11 Å². The quantitative estimate of drug-likeness (QED) is 0.878. The summed E-state index contributed by atoms with van der Waals surface area (Å²) in [5, 5.41) is 10.5. The van der Waals surface area contributed by atoms with Crippen LogP contribution in [0.2, 0.25) is 0 Å². The summed E-state index contributed by atoms with van der Waals surface area (Å²) in [6, 6.07) is 5.28. The number of nitrogens with two attached hydrogens (primary N) is 1. The summed E-state index contributed by atoms with van der Waals surface area (Å²) in [6.45, 7) is 0.235. The van der Waals surface area contributed by atoms with Crippen LogP contribution in [-0.4, -0.2) is 18.0 Å². The maximum absolute atomic E-state index is 10.5. The van der Waals surface area contributed by atoms with Crippen LogP contribution in [0.4, 0.5) is 0 Å². The highest BCUT2D eigenvalue weighted by Crippen LogP contribution is 2.40. The Morgan fingerprint density at radius 2 is 1.95 bits per heavy atom. The van der Waals surface area contributed by atoms with Gasteiger partial charge in [0.1, 0.15) is 0 Å². The third-order valence-corrected chi connectivity index (χ3v) is 4.29. The smallest absolute Gasteiger partial charge is 0.231 e. The Kier molecular flexibility index (Phi) is 3.62. The molecule has 2 aliphatic rings. The molecule has 0 unspecified atom stereocenters. The van der Waals surface area contributed by atoms with Crippen molar-refractivity contribution < 1.29 is 14.6 Å². The molecule has 2 atom stereocenters. The first-order valence-corrected chi connectivity index (χ1v) is 7.09. The van der Waals surface area contributed by atoms with Gasteiger partial charge in [0.25, 0.3) is 0 Å². The molecule has 1 aromatic carbocycles. The van der Waals surface area contributed by atoms with E-state index in [-0.39, 0.29) is 6.79 Å². The highest BCUT2D eigenvalue weighted by molar-refractivity contribution is 5.49. The Balaban J connectivity index is 1.79. The molecule has 1 fully saturated rings. The van der Waals surface area contributed by atoms with E-state index in [1.807, 2.05) is 18.2 Å². The van der Waals surface area contributed by atoms with Crippen LogP contribution in [0.1, 0.15) is 43.7 Å². The minimum Gasteiger partial charge on any atom is -0.454 e. The average Bonchev–Trinajstić information content (AvgIpc) is 2.95. The van der Waals surface area contributed by atoms with Gasteiger partial charge in [-0.3, -0.25) is 0 Å². The second-order valence-corrected chi connectivity index (χ2v) is 5.50. The van der Waals surface area contributed by atoms with Crippen LogP contribution in [-0.2, 0) is 0 Å². The first kappa shape index (κ1) is 12.8. The molecule has 0 amide bonds. The normalized spacial score (nSPS) is 22.2. The molecule has 0 bridgehead atoms. The summed E-state index contributed by atoms with van der Waals surface area (Å²) >= 11 is 0. The molecule has 1 heterocycles. The van der Waals surface area contributed by atoms with Gasteiger partial charge in [0.15, 0.2) is 11.5 Å². The molecule has 1 aliphatic carbocycles.